The van der Waals surface area contributed by atoms with Crippen LogP contribution in [0.2, 0.25) is 0 Å². The molecule has 0 aliphatic rings. The Hall–Kier alpha value is -0.770. The van der Waals surface area contributed by atoms with Crippen molar-refractivity contribution in [1.29, 1.82) is 0 Å². The molecule has 0 saturated carbocycles. The minimum absolute atomic E-state index is 0.362. The molecule has 3 nitrogen and oxygen atoms in total. The quantitative estimate of drug-likeness (QED) is 0.870. The van der Waals surface area contributed by atoms with E-state index in [0.717, 1.165) is 15.9 Å². The second kappa shape index (κ2) is 3.77. The van der Waals surface area contributed by atoms with E-state index in [2.05, 4.69) is 29.8 Å². The maximum Gasteiger partial charge on any atom is 0.251 e. The molecule has 1 amide bonds. The fourth-order valence-electron chi connectivity index (χ4n) is 1.71. The van der Waals surface area contributed by atoms with Crippen molar-refractivity contribution in [3.63, 3.8) is 0 Å². The Labute approximate surface area is 92.4 Å². The third kappa shape index (κ3) is 1.59. The molecule has 0 saturated heterocycles. The van der Waals surface area contributed by atoms with Gasteiger partial charge in [0.05, 0.1) is 10.0 Å². The van der Waals surface area contributed by atoms with Crippen LogP contribution < -0.4 is 5.73 Å². The smallest absolute Gasteiger partial charge is 0.251 e. The van der Waals surface area contributed by atoms with Crippen LogP contribution in [0, 0.1) is 6.92 Å². The maximum atomic E-state index is 11.2. The van der Waals surface area contributed by atoms with E-state index in [9.17, 15) is 4.79 Å². The van der Waals surface area contributed by atoms with E-state index in [-0.39, 0.29) is 5.91 Å². The molecule has 1 heterocycles. The zero-order valence-corrected chi connectivity index (χ0v) is 10.5. The highest BCUT2D eigenvalue weighted by Crippen LogP contribution is 2.31. The number of amides is 1. The van der Waals surface area contributed by atoms with Crippen LogP contribution in [-0.2, 0) is 7.05 Å². The number of halogens is 1. The van der Waals surface area contributed by atoms with Crippen molar-refractivity contribution < 1.29 is 4.79 Å². The Morgan fingerprint density at radius 2 is 2.00 bits per heavy atom. The molecule has 78 valence electrons. The first kappa shape index (κ1) is 11.3. The highest BCUT2D eigenvalue weighted by atomic mass is 79.9. The minimum atomic E-state index is -0.378. The van der Waals surface area contributed by atoms with E-state index in [1.807, 2.05) is 18.5 Å². The standard InChI is InChI=1S/C10H15BrN2O/c1-5(2)9-8(11)7(10(12)14)6(3)13(9)4/h5H,1-4H3,(H2,12,14). The van der Waals surface area contributed by atoms with Gasteiger partial charge in [-0.3, -0.25) is 4.79 Å². The average molecular weight is 259 g/mol. The lowest BCUT2D eigenvalue weighted by atomic mass is 10.1. The van der Waals surface area contributed by atoms with Crippen molar-refractivity contribution in [2.24, 2.45) is 12.8 Å². The average Bonchev–Trinajstić information content (AvgIpc) is 2.23. The van der Waals surface area contributed by atoms with Crippen LogP contribution in [0.3, 0.4) is 0 Å². The van der Waals surface area contributed by atoms with Gasteiger partial charge in [-0.1, -0.05) is 13.8 Å². The van der Waals surface area contributed by atoms with E-state index >= 15 is 0 Å². The van der Waals surface area contributed by atoms with Crippen LogP contribution in [0.1, 0.15) is 41.5 Å². The first-order chi connectivity index (χ1) is 6.37. The summed E-state index contributed by atoms with van der Waals surface area (Å²) in [6, 6.07) is 0. The second-order valence-corrected chi connectivity index (χ2v) is 4.53. The Kier molecular flexibility index (Phi) is 3.04. The van der Waals surface area contributed by atoms with Crippen molar-refractivity contribution in [3.8, 4) is 0 Å². The summed E-state index contributed by atoms with van der Waals surface area (Å²) in [7, 11) is 1.95. The van der Waals surface area contributed by atoms with Crippen molar-refractivity contribution in [2.75, 3.05) is 0 Å². The molecule has 0 unspecified atom stereocenters. The summed E-state index contributed by atoms with van der Waals surface area (Å²) in [5, 5.41) is 0. The lowest BCUT2D eigenvalue weighted by molar-refractivity contribution is 0.0999. The van der Waals surface area contributed by atoms with Gasteiger partial charge in [-0.05, 0) is 28.8 Å². The molecular formula is C10H15BrN2O. The molecule has 2 N–H and O–H groups in total. The van der Waals surface area contributed by atoms with Gasteiger partial charge < -0.3 is 10.3 Å². The molecule has 0 atom stereocenters. The van der Waals surface area contributed by atoms with Gasteiger partial charge in [0, 0.05) is 18.4 Å². The molecule has 0 aromatic carbocycles. The lowest BCUT2D eigenvalue weighted by Gasteiger charge is -2.08. The van der Waals surface area contributed by atoms with E-state index in [4.69, 9.17) is 5.73 Å². The Bertz CT molecular complexity index is 380. The van der Waals surface area contributed by atoms with Crippen molar-refractivity contribution in [1.82, 2.24) is 4.57 Å². The summed E-state index contributed by atoms with van der Waals surface area (Å²) in [5.74, 6) is -0.0157. The van der Waals surface area contributed by atoms with Crippen LogP contribution in [0.5, 0.6) is 0 Å². The van der Waals surface area contributed by atoms with Crippen LogP contribution >= 0.6 is 15.9 Å². The Balaban J connectivity index is 3.49. The number of primary amides is 1. The number of carbonyl (C=O) groups is 1. The second-order valence-electron chi connectivity index (χ2n) is 3.74. The summed E-state index contributed by atoms with van der Waals surface area (Å²) in [4.78, 5) is 11.2. The van der Waals surface area contributed by atoms with Gasteiger partial charge in [0.15, 0.2) is 0 Å². The zero-order valence-electron chi connectivity index (χ0n) is 8.89. The Morgan fingerprint density at radius 1 is 1.50 bits per heavy atom. The van der Waals surface area contributed by atoms with Crippen molar-refractivity contribution >= 4 is 21.8 Å². The van der Waals surface area contributed by atoms with Crippen molar-refractivity contribution in [2.45, 2.75) is 26.7 Å². The number of nitrogens with two attached hydrogens (primary N) is 1. The van der Waals surface area contributed by atoms with Gasteiger partial charge in [-0.15, -0.1) is 0 Å². The van der Waals surface area contributed by atoms with Crippen LogP contribution in [0.4, 0.5) is 0 Å². The van der Waals surface area contributed by atoms with Crippen LogP contribution in [0.15, 0.2) is 4.47 Å². The van der Waals surface area contributed by atoms with Crippen LogP contribution in [0.25, 0.3) is 0 Å². The molecule has 0 radical (unpaired) electrons. The summed E-state index contributed by atoms with van der Waals surface area (Å²) < 4.78 is 2.84. The van der Waals surface area contributed by atoms with Gasteiger partial charge in [0.2, 0.25) is 0 Å². The first-order valence-corrected chi connectivity index (χ1v) is 5.31. The number of aromatic nitrogens is 1. The normalized spacial score (nSPS) is 11.0. The molecule has 1 rings (SSSR count). The van der Waals surface area contributed by atoms with Gasteiger partial charge in [0.1, 0.15) is 0 Å². The zero-order chi connectivity index (χ0) is 11.0. The summed E-state index contributed by atoms with van der Waals surface area (Å²) in [5.41, 5.74) is 7.93. The third-order valence-corrected chi connectivity index (χ3v) is 3.27. The highest BCUT2D eigenvalue weighted by Gasteiger charge is 2.21. The van der Waals surface area contributed by atoms with E-state index in [0.29, 0.717) is 11.5 Å². The lowest BCUT2D eigenvalue weighted by Crippen LogP contribution is -2.12. The summed E-state index contributed by atoms with van der Waals surface area (Å²) >= 11 is 3.43. The third-order valence-electron chi connectivity index (χ3n) is 2.46. The number of carbonyl (C=O) groups excluding carboxylic acids is 1. The molecule has 0 bridgehead atoms. The van der Waals surface area contributed by atoms with E-state index in [1.54, 1.807) is 0 Å². The SMILES string of the molecule is Cc1c(C(N)=O)c(Br)c(C(C)C)n1C. The van der Waals surface area contributed by atoms with Gasteiger partial charge >= 0.3 is 0 Å². The largest absolute Gasteiger partial charge is 0.366 e. The molecule has 0 fully saturated rings. The fraction of sp³-hybridized carbons (Fsp3) is 0.500. The Morgan fingerprint density at radius 3 is 2.21 bits per heavy atom. The summed E-state index contributed by atoms with van der Waals surface area (Å²) in [6.45, 7) is 6.07. The molecule has 0 spiro atoms. The number of hydrogen-bond donors (Lipinski definition) is 1. The summed E-state index contributed by atoms with van der Waals surface area (Å²) in [6.07, 6.45) is 0. The predicted molar refractivity (Wildman–Crippen MR) is 60.5 cm³/mol. The molecular weight excluding hydrogens is 244 g/mol. The topological polar surface area (TPSA) is 48.0 Å². The van der Waals surface area contributed by atoms with E-state index < -0.39 is 0 Å². The van der Waals surface area contributed by atoms with Gasteiger partial charge in [0.25, 0.3) is 5.91 Å². The molecule has 0 aliphatic heterocycles. The first-order valence-electron chi connectivity index (χ1n) is 4.52. The molecule has 1 aromatic heterocycles. The highest BCUT2D eigenvalue weighted by molar-refractivity contribution is 9.10. The van der Waals surface area contributed by atoms with Crippen molar-refractivity contribution in [3.05, 3.63) is 21.4 Å². The number of rotatable bonds is 2. The number of nitrogens with zero attached hydrogens (tertiary/aromatic N) is 1. The van der Waals surface area contributed by atoms with Gasteiger partial charge in [-0.25, -0.2) is 0 Å². The molecule has 1 aromatic rings. The monoisotopic (exact) mass is 258 g/mol. The van der Waals surface area contributed by atoms with Gasteiger partial charge in [-0.2, -0.15) is 0 Å². The van der Waals surface area contributed by atoms with E-state index in [1.165, 1.54) is 0 Å². The fourth-order valence-corrected chi connectivity index (χ4v) is 2.92. The minimum Gasteiger partial charge on any atom is -0.366 e. The maximum absolute atomic E-state index is 11.2. The molecule has 0 aliphatic carbocycles. The molecule has 14 heavy (non-hydrogen) atoms. The number of hydrogen-bond acceptors (Lipinski definition) is 1. The predicted octanol–water partition coefficient (Wildman–Crippen LogP) is 2.32. The van der Waals surface area contributed by atoms with Crippen LogP contribution in [-0.4, -0.2) is 10.5 Å². The molecule has 4 heteroatoms.